The Balaban J connectivity index is 0.000000180. The van der Waals surface area contributed by atoms with Gasteiger partial charge in [0.1, 0.15) is 5.82 Å². The van der Waals surface area contributed by atoms with E-state index >= 15 is 0 Å². The van der Waals surface area contributed by atoms with Gasteiger partial charge < -0.3 is 10.4 Å². The van der Waals surface area contributed by atoms with Gasteiger partial charge in [0, 0.05) is 10.6 Å². The first kappa shape index (κ1) is 23.3. The van der Waals surface area contributed by atoms with Crippen molar-refractivity contribution in [2.24, 2.45) is 0 Å². The van der Waals surface area contributed by atoms with Gasteiger partial charge in [-0.2, -0.15) is 5.26 Å². The van der Waals surface area contributed by atoms with Crippen molar-refractivity contribution in [2.75, 3.05) is 12.4 Å². The minimum absolute atomic E-state index is 0.331. The number of rotatable bonds is 5. The zero-order valence-corrected chi connectivity index (χ0v) is 19.0. The van der Waals surface area contributed by atoms with Gasteiger partial charge in [0.25, 0.3) is 0 Å². The van der Waals surface area contributed by atoms with Crippen LogP contribution in [0.15, 0.2) is 23.1 Å². The molecule has 0 saturated carbocycles. The van der Waals surface area contributed by atoms with Gasteiger partial charge in [-0.1, -0.05) is 0 Å². The summed E-state index contributed by atoms with van der Waals surface area (Å²) in [7, 11) is 1.76. The summed E-state index contributed by atoms with van der Waals surface area (Å²) in [4.78, 5) is 11.5. The van der Waals surface area contributed by atoms with E-state index in [9.17, 15) is 19.6 Å². The number of hydrogen-bond acceptors (Lipinski definition) is 5. The third kappa shape index (κ3) is 5.09. The van der Waals surface area contributed by atoms with Gasteiger partial charge in [-0.05, 0) is 117 Å². The molecule has 0 radical (unpaired) electrons. The molecular weight excluding hydrogens is 413 g/mol. The number of anilines is 1. The summed E-state index contributed by atoms with van der Waals surface area (Å²) in [6.45, 7) is 3.27. The standard InChI is InChI=1S/C14H14N2O.C10H14FNOS/c15-7-13-9-3-1-5-11(9)14(16-8-17)12-6-2-4-10(12)13;1-10(2,13)7-4-8(11)6-9(5-7)14-12-3/h8H,1-6H2,(H,16,17);4-6,12-13H,1-3H3. The molecule has 164 valence electrons. The topological polar surface area (TPSA) is 85.2 Å². The van der Waals surface area contributed by atoms with Crippen molar-refractivity contribution in [3.05, 3.63) is 57.4 Å². The molecule has 0 fully saturated rings. The summed E-state index contributed by atoms with van der Waals surface area (Å²) in [5.74, 6) is -0.331. The molecule has 4 rings (SSSR count). The predicted octanol–water partition coefficient (Wildman–Crippen LogP) is 4.38. The first-order valence-corrected chi connectivity index (χ1v) is 11.3. The zero-order valence-electron chi connectivity index (χ0n) is 18.1. The number of aliphatic hydroxyl groups is 1. The fourth-order valence-electron chi connectivity index (χ4n) is 4.42. The van der Waals surface area contributed by atoms with Crippen LogP contribution in [0.3, 0.4) is 0 Å². The Bertz CT molecular complexity index is 990. The van der Waals surface area contributed by atoms with E-state index in [0.29, 0.717) is 5.56 Å². The van der Waals surface area contributed by atoms with Crippen LogP contribution in [0.1, 0.15) is 60.1 Å². The van der Waals surface area contributed by atoms with Gasteiger partial charge in [-0.25, -0.2) is 4.39 Å². The third-order valence-electron chi connectivity index (χ3n) is 5.76. The number of hydrogen-bond donors (Lipinski definition) is 3. The maximum atomic E-state index is 13.1. The molecule has 31 heavy (non-hydrogen) atoms. The number of carbonyl (C=O) groups is 1. The van der Waals surface area contributed by atoms with Crippen LogP contribution in [0, 0.1) is 17.1 Å². The lowest BCUT2D eigenvalue weighted by Crippen LogP contribution is -2.15. The highest BCUT2D eigenvalue weighted by Gasteiger charge is 2.28. The predicted molar refractivity (Wildman–Crippen MR) is 121 cm³/mol. The number of nitrogens with zero attached hydrogens (tertiary/aromatic N) is 1. The lowest BCUT2D eigenvalue weighted by molar-refractivity contribution is -0.105. The van der Waals surface area contributed by atoms with Crippen molar-refractivity contribution in [1.29, 1.82) is 5.26 Å². The zero-order chi connectivity index (χ0) is 22.6. The molecular formula is C24H28FN3O2S. The number of benzene rings is 2. The van der Waals surface area contributed by atoms with Crippen molar-refractivity contribution in [1.82, 2.24) is 4.72 Å². The molecule has 0 bridgehead atoms. The first-order chi connectivity index (χ1) is 14.8. The van der Waals surface area contributed by atoms with E-state index in [4.69, 9.17) is 0 Å². The Hall–Kier alpha value is -2.40. The Morgan fingerprint density at radius 2 is 1.68 bits per heavy atom. The van der Waals surface area contributed by atoms with Crippen LogP contribution in [0.5, 0.6) is 0 Å². The molecule has 0 aliphatic heterocycles. The van der Waals surface area contributed by atoms with Crippen LogP contribution < -0.4 is 10.0 Å². The summed E-state index contributed by atoms with van der Waals surface area (Å²) in [6.07, 6.45) is 6.92. The normalized spacial score (nSPS) is 14.2. The monoisotopic (exact) mass is 441 g/mol. The van der Waals surface area contributed by atoms with Crippen LogP contribution in [0.25, 0.3) is 0 Å². The van der Waals surface area contributed by atoms with Crippen molar-refractivity contribution in [3.63, 3.8) is 0 Å². The minimum Gasteiger partial charge on any atom is -0.386 e. The van der Waals surface area contributed by atoms with Gasteiger partial charge in [-0.15, -0.1) is 0 Å². The number of nitriles is 1. The van der Waals surface area contributed by atoms with Crippen molar-refractivity contribution in [3.8, 4) is 6.07 Å². The number of carbonyl (C=O) groups excluding carboxylic acids is 1. The van der Waals surface area contributed by atoms with Crippen molar-refractivity contribution in [2.45, 2.75) is 62.9 Å². The molecule has 0 unspecified atom stereocenters. The highest BCUT2D eigenvalue weighted by atomic mass is 32.2. The lowest BCUT2D eigenvalue weighted by atomic mass is 9.93. The fraction of sp³-hybridized carbons (Fsp3) is 0.417. The second kappa shape index (κ2) is 9.82. The van der Waals surface area contributed by atoms with Crippen LogP contribution >= 0.6 is 11.9 Å². The third-order valence-corrected chi connectivity index (χ3v) is 6.43. The Morgan fingerprint density at radius 3 is 2.16 bits per heavy atom. The highest BCUT2D eigenvalue weighted by Crippen LogP contribution is 2.41. The van der Waals surface area contributed by atoms with Gasteiger partial charge >= 0.3 is 0 Å². The summed E-state index contributed by atoms with van der Waals surface area (Å²) >= 11 is 1.32. The Morgan fingerprint density at radius 1 is 1.10 bits per heavy atom. The molecule has 0 aromatic heterocycles. The van der Waals surface area contributed by atoms with E-state index in [1.165, 1.54) is 46.3 Å². The second-order valence-corrected chi connectivity index (χ2v) is 9.37. The Kier molecular flexibility index (Phi) is 7.37. The van der Waals surface area contributed by atoms with Crippen molar-refractivity contribution >= 4 is 24.0 Å². The average molecular weight is 442 g/mol. The summed E-state index contributed by atoms with van der Waals surface area (Å²) in [5.41, 5.74) is 6.31. The molecule has 2 aliphatic rings. The second-order valence-electron chi connectivity index (χ2n) is 8.29. The molecule has 0 saturated heterocycles. The molecule has 0 spiro atoms. The summed E-state index contributed by atoms with van der Waals surface area (Å²) in [6, 6.07) is 6.92. The molecule has 0 heterocycles. The molecule has 1 amide bonds. The van der Waals surface area contributed by atoms with Crippen molar-refractivity contribution < 1.29 is 14.3 Å². The average Bonchev–Trinajstić information content (AvgIpc) is 3.38. The maximum absolute atomic E-state index is 13.1. The van der Waals surface area contributed by atoms with E-state index in [1.807, 2.05) is 0 Å². The number of nitrogens with one attached hydrogen (secondary N) is 2. The molecule has 2 aliphatic carbocycles. The summed E-state index contributed by atoms with van der Waals surface area (Å²) < 4.78 is 16.0. The van der Waals surface area contributed by atoms with Crippen LogP contribution in [0.2, 0.25) is 0 Å². The molecule has 0 atom stereocenters. The number of fused-ring (bicyclic) bond motifs is 2. The maximum Gasteiger partial charge on any atom is 0.211 e. The fourth-order valence-corrected chi connectivity index (χ4v) is 5.01. The van der Waals surface area contributed by atoms with Crippen LogP contribution in [-0.2, 0) is 36.1 Å². The minimum atomic E-state index is -1.01. The summed E-state index contributed by atoms with van der Waals surface area (Å²) in [5, 5.41) is 21.9. The van der Waals surface area contributed by atoms with Gasteiger partial charge in [0.2, 0.25) is 6.41 Å². The smallest absolute Gasteiger partial charge is 0.211 e. The van der Waals surface area contributed by atoms with Crippen LogP contribution in [0.4, 0.5) is 10.1 Å². The molecule has 2 aromatic carbocycles. The van der Waals surface area contributed by atoms with E-state index < -0.39 is 5.60 Å². The molecule has 2 aromatic rings. The van der Waals surface area contributed by atoms with Gasteiger partial charge in [0.15, 0.2) is 0 Å². The number of halogens is 1. The van der Waals surface area contributed by atoms with E-state index in [-0.39, 0.29) is 5.82 Å². The molecule has 5 nitrogen and oxygen atoms in total. The lowest BCUT2D eigenvalue weighted by Gasteiger charge is -2.18. The van der Waals surface area contributed by atoms with Crippen LogP contribution in [-0.4, -0.2) is 18.6 Å². The molecule has 3 N–H and O–H groups in total. The SMILES string of the molecule is CNSc1cc(F)cc(C(C)(C)O)c1.N#Cc1c2c(c(NC=O)c3c1CCC3)CCC2. The van der Waals surface area contributed by atoms with E-state index in [0.717, 1.165) is 61.1 Å². The van der Waals surface area contributed by atoms with Gasteiger partial charge in [-0.3, -0.25) is 9.52 Å². The number of amides is 1. The van der Waals surface area contributed by atoms with E-state index in [2.05, 4.69) is 16.1 Å². The first-order valence-electron chi connectivity index (χ1n) is 10.5. The highest BCUT2D eigenvalue weighted by molar-refractivity contribution is 7.97. The van der Waals surface area contributed by atoms with Gasteiger partial charge in [0.05, 0.1) is 17.2 Å². The largest absolute Gasteiger partial charge is 0.386 e. The molecule has 7 heteroatoms. The quantitative estimate of drug-likeness (QED) is 0.474. The Labute approximate surface area is 187 Å². The van der Waals surface area contributed by atoms with E-state index in [1.54, 1.807) is 27.0 Å².